The maximum absolute atomic E-state index is 13.9. The molecular weight excluding hydrogens is 292 g/mol. The van der Waals surface area contributed by atoms with Crippen molar-refractivity contribution in [2.24, 2.45) is 4.99 Å². The van der Waals surface area contributed by atoms with Gasteiger partial charge in [-0.05, 0) is 18.6 Å². The monoisotopic (exact) mass is 305 g/mol. The minimum atomic E-state index is -0.419. The van der Waals surface area contributed by atoms with E-state index >= 15 is 0 Å². The third kappa shape index (κ3) is 3.74. The molecular formula is C13H14Cl2FNO2. The normalized spacial score (nSPS) is 18.1. The van der Waals surface area contributed by atoms with Gasteiger partial charge in [0.05, 0.1) is 12.2 Å². The first-order valence-electron chi connectivity index (χ1n) is 6.00. The minimum Gasteiger partial charge on any atom is -0.493 e. The molecule has 1 aromatic carbocycles. The fourth-order valence-corrected chi connectivity index (χ4v) is 1.91. The largest absolute Gasteiger partial charge is 0.493 e. The molecule has 0 bridgehead atoms. The summed E-state index contributed by atoms with van der Waals surface area (Å²) in [6.45, 7) is 0.861. The molecule has 0 aromatic heterocycles. The molecule has 1 aliphatic heterocycles. The number of ether oxygens (including phenoxy) is 2. The van der Waals surface area contributed by atoms with Gasteiger partial charge < -0.3 is 9.47 Å². The summed E-state index contributed by atoms with van der Waals surface area (Å²) in [6.07, 6.45) is 0.720. The van der Waals surface area contributed by atoms with Crippen molar-refractivity contribution in [3.05, 3.63) is 29.6 Å². The van der Waals surface area contributed by atoms with E-state index in [1.165, 1.54) is 6.07 Å². The third-order valence-electron chi connectivity index (χ3n) is 2.61. The van der Waals surface area contributed by atoms with E-state index in [1.54, 1.807) is 12.1 Å². The summed E-state index contributed by atoms with van der Waals surface area (Å²) in [5.74, 6) is 1.24. The number of benzene rings is 1. The molecule has 0 radical (unpaired) electrons. The first kappa shape index (κ1) is 14.4. The van der Waals surface area contributed by atoms with Crippen molar-refractivity contribution in [1.29, 1.82) is 0 Å². The van der Waals surface area contributed by atoms with Crippen molar-refractivity contribution in [1.82, 2.24) is 0 Å². The Morgan fingerprint density at radius 1 is 1.42 bits per heavy atom. The van der Waals surface area contributed by atoms with Crippen LogP contribution in [0.4, 0.5) is 4.39 Å². The Labute approximate surface area is 121 Å². The summed E-state index contributed by atoms with van der Waals surface area (Å²) in [4.78, 5) is 4.21. The zero-order valence-electron chi connectivity index (χ0n) is 10.2. The summed E-state index contributed by atoms with van der Waals surface area (Å²) >= 11 is 11.2. The molecule has 0 spiro atoms. The smallest absolute Gasteiger partial charge is 0.219 e. The van der Waals surface area contributed by atoms with E-state index in [0.29, 0.717) is 42.2 Å². The van der Waals surface area contributed by atoms with E-state index in [-0.39, 0.29) is 6.04 Å². The second kappa shape index (κ2) is 6.96. The molecule has 3 nitrogen and oxygen atoms in total. The molecule has 1 unspecified atom stereocenters. The Balaban J connectivity index is 2.07. The van der Waals surface area contributed by atoms with Crippen LogP contribution in [0.1, 0.15) is 12.0 Å². The molecule has 1 heterocycles. The van der Waals surface area contributed by atoms with E-state index in [4.69, 9.17) is 32.7 Å². The van der Waals surface area contributed by atoms with Crippen molar-refractivity contribution in [3.63, 3.8) is 0 Å². The second-order valence-electron chi connectivity index (χ2n) is 4.09. The lowest BCUT2D eigenvalue weighted by molar-refractivity contribution is 0.315. The van der Waals surface area contributed by atoms with Crippen molar-refractivity contribution < 1.29 is 13.9 Å². The molecule has 19 heavy (non-hydrogen) atoms. The maximum Gasteiger partial charge on any atom is 0.219 e. The molecule has 0 N–H and O–H groups in total. The number of hydrogen-bond donors (Lipinski definition) is 0. The average molecular weight is 306 g/mol. The number of aliphatic imine (C=N–C) groups is 1. The first-order valence-corrected chi connectivity index (χ1v) is 7.06. The summed E-state index contributed by atoms with van der Waals surface area (Å²) in [5.41, 5.74) is 0.331. The van der Waals surface area contributed by atoms with Crippen molar-refractivity contribution in [3.8, 4) is 5.75 Å². The van der Waals surface area contributed by atoms with Gasteiger partial charge in [-0.3, -0.25) is 0 Å². The Bertz CT molecular complexity index is 468. The van der Waals surface area contributed by atoms with Gasteiger partial charge in [-0.1, -0.05) is 0 Å². The molecule has 0 saturated heterocycles. The predicted molar refractivity (Wildman–Crippen MR) is 74.2 cm³/mol. The van der Waals surface area contributed by atoms with Crippen LogP contribution in [0.2, 0.25) is 0 Å². The SMILES string of the molecule is Fc1cc(OCCCCl)ccc1C1=NC(CCl)CO1. The summed E-state index contributed by atoms with van der Waals surface area (Å²) in [7, 11) is 0. The minimum absolute atomic E-state index is 0.101. The predicted octanol–water partition coefficient (Wildman–Crippen LogP) is 3.22. The van der Waals surface area contributed by atoms with Gasteiger partial charge in [0.2, 0.25) is 5.90 Å². The molecule has 0 amide bonds. The second-order valence-corrected chi connectivity index (χ2v) is 4.77. The summed E-state index contributed by atoms with van der Waals surface area (Å²) in [6, 6.07) is 4.51. The standard InChI is InChI=1S/C13H14Cl2FNO2/c14-4-1-5-18-10-2-3-11(12(16)6-10)13-17-9(7-15)8-19-13/h2-3,6,9H,1,4-5,7-8H2. The molecule has 1 atom stereocenters. The fraction of sp³-hybridized carbons (Fsp3) is 0.462. The lowest BCUT2D eigenvalue weighted by Crippen LogP contribution is -2.07. The highest BCUT2D eigenvalue weighted by molar-refractivity contribution is 6.18. The number of hydrogen-bond acceptors (Lipinski definition) is 3. The quantitative estimate of drug-likeness (QED) is 0.597. The molecule has 1 aliphatic rings. The highest BCUT2D eigenvalue weighted by Gasteiger charge is 2.21. The molecule has 6 heteroatoms. The van der Waals surface area contributed by atoms with Gasteiger partial charge in [-0.25, -0.2) is 9.38 Å². The first-order chi connectivity index (χ1) is 9.24. The maximum atomic E-state index is 13.9. The Kier molecular flexibility index (Phi) is 5.28. The van der Waals surface area contributed by atoms with Gasteiger partial charge in [0.15, 0.2) is 0 Å². The number of alkyl halides is 2. The van der Waals surface area contributed by atoms with Gasteiger partial charge >= 0.3 is 0 Å². The molecule has 2 rings (SSSR count). The number of halogens is 3. The Morgan fingerprint density at radius 2 is 2.26 bits per heavy atom. The van der Waals surface area contributed by atoms with E-state index in [0.717, 1.165) is 6.42 Å². The van der Waals surface area contributed by atoms with E-state index in [1.807, 2.05) is 0 Å². The van der Waals surface area contributed by atoms with Gasteiger partial charge in [0, 0.05) is 17.8 Å². The molecule has 104 valence electrons. The zero-order valence-corrected chi connectivity index (χ0v) is 11.8. The number of rotatable bonds is 6. The van der Waals surface area contributed by atoms with E-state index < -0.39 is 5.82 Å². The summed E-state index contributed by atoms with van der Waals surface area (Å²) in [5, 5.41) is 0. The topological polar surface area (TPSA) is 30.8 Å². The van der Waals surface area contributed by atoms with E-state index in [9.17, 15) is 4.39 Å². The Hall–Kier alpha value is -1.00. The fourth-order valence-electron chi connectivity index (χ4n) is 1.65. The van der Waals surface area contributed by atoms with Crippen LogP contribution in [-0.4, -0.2) is 36.9 Å². The van der Waals surface area contributed by atoms with Crippen LogP contribution < -0.4 is 4.74 Å². The molecule has 0 fully saturated rings. The van der Waals surface area contributed by atoms with Crippen LogP contribution >= 0.6 is 23.2 Å². The van der Waals surface area contributed by atoms with Crippen molar-refractivity contribution in [2.45, 2.75) is 12.5 Å². The van der Waals surface area contributed by atoms with Crippen LogP contribution in [0.15, 0.2) is 23.2 Å². The molecule has 1 aromatic rings. The lowest BCUT2D eigenvalue weighted by atomic mass is 10.2. The van der Waals surface area contributed by atoms with Crippen LogP contribution in [0, 0.1) is 5.82 Å². The van der Waals surface area contributed by atoms with Crippen LogP contribution in [-0.2, 0) is 4.74 Å². The summed E-state index contributed by atoms with van der Waals surface area (Å²) < 4.78 is 24.6. The van der Waals surface area contributed by atoms with Gasteiger partial charge in [0.1, 0.15) is 24.2 Å². The van der Waals surface area contributed by atoms with Crippen molar-refractivity contribution >= 4 is 29.1 Å². The van der Waals surface area contributed by atoms with Crippen LogP contribution in [0.5, 0.6) is 5.75 Å². The molecule has 0 aliphatic carbocycles. The van der Waals surface area contributed by atoms with Crippen molar-refractivity contribution in [2.75, 3.05) is 25.0 Å². The Morgan fingerprint density at radius 3 is 2.89 bits per heavy atom. The van der Waals surface area contributed by atoms with Crippen LogP contribution in [0.25, 0.3) is 0 Å². The lowest BCUT2D eigenvalue weighted by Gasteiger charge is -2.07. The average Bonchev–Trinajstić information content (AvgIpc) is 2.88. The third-order valence-corrected chi connectivity index (χ3v) is 3.23. The number of nitrogens with zero attached hydrogens (tertiary/aromatic N) is 1. The van der Waals surface area contributed by atoms with Gasteiger partial charge in [-0.15, -0.1) is 23.2 Å². The zero-order chi connectivity index (χ0) is 13.7. The van der Waals surface area contributed by atoms with E-state index in [2.05, 4.69) is 4.99 Å². The highest BCUT2D eigenvalue weighted by atomic mass is 35.5. The highest BCUT2D eigenvalue weighted by Crippen LogP contribution is 2.21. The van der Waals surface area contributed by atoms with Crippen LogP contribution in [0.3, 0.4) is 0 Å². The molecule has 0 saturated carbocycles. The van der Waals surface area contributed by atoms with Gasteiger partial charge in [0.25, 0.3) is 0 Å². The van der Waals surface area contributed by atoms with Gasteiger partial charge in [-0.2, -0.15) is 0 Å².